The molecule has 0 aliphatic carbocycles. The van der Waals surface area contributed by atoms with Crippen LogP contribution in [0.15, 0.2) is 30.3 Å². The van der Waals surface area contributed by atoms with Crippen LogP contribution >= 0.6 is 0 Å². The lowest BCUT2D eigenvalue weighted by Crippen LogP contribution is -2.50. The summed E-state index contributed by atoms with van der Waals surface area (Å²) in [6.45, 7) is 1.75. The second-order valence-electron chi connectivity index (χ2n) is 6.14. The minimum Gasteiger partial charge on any atom is -0.335 e. The van der Waals surface area contributed by atoms with Crippen molar-refractivity contribution in [2.24, 2.45) is 0 Å². The number of hydrogen-bond acceptors (Lipinski definition) is 8. The fourth-order valence-electron chi connectivity index (χ4n) is 2.31. The molecule has 1 aromatic rings. The summed E-state index contributed by atoms with van der Waals surface area (Å²) in [5, 5.41) is 3.36. The zero-order chi connectivity index (χ0) is 22.3. The molecule has 2 aliphatic heterocycles. The zero-order valence-corrected chi connectivity index (χ0v) is 16.3. The highest BCUT2D eigenvalue weighted by Crippen LogP contribution is 2.09. The lowest BCUT2D eigenvalue weighted by Gasteiger charge is -2.29. The molecule has 12 nitrogen and oxygen atoms in total. The number of carbonyl (C=O) groups is 6. The average Bonchev–Trinajstić information content (AvgIpc) is 2.72. The van der Waals surface area contributed by atoms with E-state index in [1.807, 2.05) is 0 Å². The van der Waals surface area contributed by atoms with Crippen molar-refractivity contribution in [1.29, 1.82) is 0 Å². The van der Waals surface area contributed by atoms with Crippen LogP contribution in [0.3, 0.4) is 0 Å². The van der Waals surface area contributed by atoms with Crippen molar-refractivity contribution >= 4 is 35.8 Å². The van der Waals surface area contributed by atoms with E-state index < -0.39 is 35.8 Å². The van der Waals surface area contributed by atoms with Crippen LogP contribution in [0.4, 0.5) is 9.59 Å². The van der Waals surface area contributed by atoms with Gasteiger partial charge in [-0.2, -0.15) is 0 Å². The van der Waals surface area contributed by atoms with E-state index in [1.54, 1.807) is 18.2 Å². The van der Waals surface area contributed by atoms with Crippen LogP contribution in [-0.2, 0) is 24.1 Å². The molecule has 2 fully saturated rings. The van der Waals surface area contributed by atoms with Gasteiger partial charge < -0.3 is 19.9 Å². The molecule has 30 heavy (non-hydrogen) atoms. The van der Waals surface area contributed by atoms with Crippen molar-refractivity contribution in [2.45, 2.75) is 19.8 Å². The topological polar surface area (TPSA) is 143 Å². The molecule has 0 unspecified atom stereocenters. The van der Waals surface area contributed by atoms with Gasteiger partial charge in [0.25, 0.3) is 11.8 Å². The Labute approximate surface area is 171 Å². The van der Waals surface area contributed by atoms with Crippen molar-refractivity contribution in [3.05, 3.63) is 35.9 Å². The standard InChI is InChI=1S/C11H10N2O4.C7H10N2O4/c14-9-6-7-12-11(16)13(9)17-10(15)8-4-2-1-3-5-8;1-5(10)13-9-6(11)3-4-8(2)7(9)12/h1-5H,6-7H2,(H,12,16);3-4H2,1-2H3. The van der Waals surface area contributed by atoms with E-state index in [1.165, 1.54) is 24.1 Å². The van der Waals surface area contributed by atoms with Gasteiger partial charge in [-0.15, -0.1) is 0 Å². The van der Waals surface area contributed by atoms with E-state index in [9.17, 15) is 28.8 Å². The summed E-state index contributed by atoms with van der Waals surface area (Å²) in [7, 11) is 1.53. The molecule has 2 aliphatic rings. The smallest absolute Gasteiger partial charge is 0.335 e. The molecule has 2 heterocycles. The van der Waals surface area contributed by atoms with Crippen molar-refractivity contribution in [1.82, 2.24) is 20.3 Å². The molecule has 160 valence electrons. The lowest BCUT2D eigenvalue weighted by atomic mass is 10.2. The number of rotatable bonds is 3. The maximum absolute atomic E-state index is 11.6. The number of carbonyl (C=O) groups excluding carboxylic acids is 6. The molecule has 0 spiro atoms. The van der Waals surface area contributed by atoms with E-state index in [-0.39, 0.29) is 24.9 Å². The van der Waals surface area contributed by atoms with Crippen LogP contribution in [0.5, 0.6) is 0 Å². The number of imide groups is 2. The molecule has 0 radical (unpaired) electrons. The van der Waals surface area contributed by atoms with E-state index in [2.05, 4.69) is 10.2 Å². The Bertz CT molecular complexity index is 841. The average molecular weight is 420 g/mol. The molecular weight excluding hydrogens is 400 g/mol. The van der Waals surface area contributed by atoms with Gasteiger partial charge in [0.05, 0.1) is 5.56 Å². The molecule has 0 bridgehead atoms. The number of nitrogens with one attached hydrogen (secondary N) is 1. The number of nitrogens with zero attached hydrogens (tertiary/aromatic N) is 3. The van der Waals surface area contributed by atoms with Crippen molar-refractivity contribution in [3.63, 3.8) is 0 Å². The van der Waals surface area contributed by atoms with Gasteiger partial charge in [0.2, 0.25) is 0 Å². The maximum atomic E-state index is 11.6. The maximum Gasteiger partial charge on any atom is 0.363 e. The third-order valence-corrected chi connectivity index (χ3v) is 3.82. The summed E-state index contributed by atoms with van der Waals surface area (Å²) >= 11 is 0. The fourth-order valence-corrected chi connectivity index (χ4v) is 2.31. The minimum atomic E-state index is -0.740. The van der Waals surface area contributed by atoms with E-state index in [0.717, 1.165) is 6.92 Å². The second-order valence-corrected chi connectivity index (χ2v) is 6.14. The Morgan fingerprint density at radius 3 is 2.17 bits per heavy atom. The van der Waals surface area contributed by atoms with Crippen LogP contribution < -0.4 is 5.32 Å². The summed E-state index contributed by atoms with van der Waals surface area (Å²) in [5.41, 5.74) is 0.277. The first-order valence-electron chi connectivity index (χ1n) is 8.85. The van der Waals surface area contributed by atoms with E-state index in [0.29, 0.717) is 16.7 Å². The first-order chi connectivity index (χ1) is 14.2. The SMILES string of the molecule is CC(=O)ON1C(=O)CCN(C)C1=O.O=C(ON1C(=O)CCNC1=O)c1ccccc1. The minimum absolute atomic E-state index is 0.119. The predicted molar refractivity (Wildman–Crippen MR) is 98.0 cm³/mol. The summed E-state index contributed by atoms with van der Waals surface area (Å²) < 4.78 is 0. The summed E-state index contributed by atoms with van der Waals surface area (Å²) in [6, 6.07) is 6.82. The van der Waals surface area contributed by atoms with Gasteiger partial charge >= 0.3 is 24.0 Å². The van der Waals surface area contributed by atoms with Crippen LogP contribution in [0.2, 0.25) is 0 Å². The number of hydroxylamine groups is 4. The second kappa shape index (κ2) is 10.0. The molecule has 0 aromatic heterocycles. The van der Waals surface area contributed by atoms with Gasteiger partial charge in [-0.3, -0.25) is 9.59 Å². The van der Waals surface area contributed by atoms with Gasteiger partial charge in [-0.05, 0) is 12.1 Å². The zero-order valence-electron chi connectivity index (χ0n) is 16.3. The molecule has 6 amide bonds. The first-order valence-corrected chi connectivity index (χ1v) is 8.85. The van der Waals surface area contributed by atoms with Gasteiger partial charge in [-0.25, -0.2) is 19.2 Å². The first kappa shape index (κ1) is 22.3. The van der Waals surface area contributed by atoms with Gasteiger partial charge in [-0.1, -0.05) is 28.3 Å². The van der Waals surface area contributed by atoms with Crippen LogP contribution in [0, 0.1) is 0 Å². The highest BCUT2D eigenvalue weighted by molar-refractivity contribution is 5.98. The monoisotopic (exact) mass is 420 g/mol. The number of hydrogen-bond donors (Lipinski definition) is 1. The van der Waals surface area contributed by atoms with Crippen molar-refractivity contribution in [3.8, 4) is 0 Å². The highest BCUT2D eigenvalue weighted by Gasteiger charge is 2.32. The lowest BCUT2D eigenvalue weighted by molar-refractivity contribution is -0.188. The quantitative estimate of drug-likeness (QED) is 0.742. The summed E-state index contributed by atoms with van der Waals surface area (Å²) in [5.74, 6) is -2.44. The molecule has 3 rings (SSSR count). The third-order valence-electron chi connectivity index (χ3n) is 3.82. The fraction of sp³-hybridized carbons (Fsp3) is 0.333. The van der Waals surface area contributed by atoms with Crippen LogP contribution in [0.1, 0.15) is 30.1 Å². The Balaban J connectivity index is 0.000000222. The molecule has 0 atom stereocenters. The van der Waals surface area contributed by atoms with Crippen molar-refractivity contribution < 1.29 is 38.4 Å². The molecule has 2 saturated heterocycles. The molecular formula is C18H20N4O8. The number of amides is 6. The van der Waals surface area contributed by atoms with Crippen molar-refractivity contribution in [2.75, 3.05) is 20.1 Å². The Morgan fingerprint density at radius 1 is 0.933 bits per heavy atom. The van der Waals surface area contributed by atoms with E-state index in [4.69, 9.17) is 4.84 Å². The normalized spacial score (nSPS) is 16.4. The summed E-state index contributed by atoms with van der Waals surface area (Å²) in [6.07, 6.45) is 0.295. The van der Waals surface area contributed by atoms with Crippen LogP contribution in [-0.4, -0.2) is 71.0 Å². The Hall–Kier alpha value is -3.96. The summed E-state index contributed by atoms with van der Waals surface area (Å²) in [4.78, 5) is 77.6. The number of urea groups is 2. The van der Waals surface area contributed by atoms with Gasteiger partial charge in [0.1, 0.15) is 0 Å². The molecule has 1 N–H and O–H groups in total. The highest BCUT2D eigenvalue weighted by atomic mass is 16.7. The molecule has 12 heteroatoms. The number of benzene rings is 1. The van der Waals surface area contributed by atoms with Crippen LogP contribution in [0.25, 0.3) is 0 Å². The Morgan fingerprint density at radius 2 is 1.57 bits per heavy atom. The largest absolute Gasteiger partial charge is 0.363 e. The Kier molecular flexibility index (Phi) is 7.44. The van der Waals surface area contributed by atoms with Gasteiger partial charge in [0, 0.05) is 39.9 Å². The predicted octanol–water partition coefficient (Wildman–Crippen LogP) is 0.449. The molecule has 0 saturated carbocycles. The molecule has 1 aromatic carbocycles. The van der Waals surface area contributed by atoms with E-state index >= 15 is 0 Å². The van der Waals surface area contributed by atoms with Gasteiger partial charge in [0.15, 0.2) is 0 Å². The third kappa shape index (κ3) is 5.77.